The van der Waals surface area contributed by atoms with Crippen LogP contribution in [0, 0.1) is 5.92 Å². The largest absolute Gasteiger partial charge is 0.348 e. The Kier molecular flexibility index (Phi) is 5.07. The summed E-state index contributed by atoms with van der Waals surface area (Å²) >= 11 is 0. The fourth-order valence-electron chi connectivity index (χ4n) is 3.84. The van der Waals surface area contributed by atoms with Gasteiger partial charge in [-0.25, -0.2) is 0 Å². The molecule has 3 aliphatic rings. The highest BCUT2D eigenvalue weighted by Crippen LogP contribution is 2.46. The molecule has 3 heterocycles. The minimum atomic E-state index is -0.781. The average Bonchev–Trinajstić information content (AvgIpc) is 3.12. The lowest BCUT2D eigenvalue weighted by molar-refractivity contribution is -0.228. The van der Waals surface area contributed by atoms with Crippen LogP contribution in [0.1, 0.15) is 40.5 Å². The Labute approximate surface area is 146 Å². The third-order valence-corrected chi connectivity index (χ3v) is 4.76. The van der Waals surface area contributed by atoms with Crippen molar-refractivity contribution in [3.8, 4) is 0 Å². The summed E-state index contributed by atoms with van der Waals surface area (Å²) in [7, 11) is 0. The van der Waals surface area contributed by atoms with E-state index in [0.717, 1.165) is 6.29 Å². The Morgan fingerprint density at radius 2 is 1.96 bits per heavy atom. The Hall–Kier alpha value is -1.22. The van der Waals surface area contributed by atoms with Gasteiger partial charge < -0.3 is 28.5 Å². The van der Waals surface area contributed by atoms with Crippen molar-refractivity contribution in [2.45, 2.75) is 82.8 Å². The van der Waals surface area contributed by atoms with Gasteiger partial charge in [0, 0.05) is 23.3 Å². The molecule has 0 spiro atoms. The lowest BCUT2D eigenvalue weighted by Gasteiger charge is -2.32. The molecule has 25 heavy (non-hydrogen) atoms. The molecule has 3 saturated heterocycles. The van der Waals surface area contributed by atoms with Gasteiger partial charge in [-0.05, 0) is 39.6 Å². The second kappa shape index (κ2) is 6.83. The summed E-state index contributed by atoms with van der Waals surface area (Å²) in [5.41, 5.74) is 8.98. The Morgan fingerprint density at radius 3 is 2.56 bits per heavy atom. The molecule has 9 nitrogen and oxygen atoms in total. The third-order valence-electron chi connectivity index (χ3n) is 4.76. The fraction of sp³-hybridized carbons (Fsp3) is 0.938. The highest BCUT2D eigenvalue weighted by Gasteiger charge is 2.59. The zero-order chi connectivity index (χ0) is 18.2. The van der Waals surface area contributed by atoms with Crippen molar-refractivity contribution >= 4 is 6.29 Å². The molecule has 0 N–H and O–H groups in total. The molecule has 9 heteroatoms. The fourth-order valence-corrected chi connectivity index (χ4v) is 3.84. The Morgan fingerprint density at radius 1 is 1.20 bits per heavy atom. The second-order valence-electron chi connectivity index (χ2n) is 7.53. The predicted octanol–water partition coefficient (Wildman–Crippen LogP) is 2.29. The van der Waals surface area contributed by atoms with Crippen LogP contribution in [0.3, 0.4) is 0 Å². The van der Waals surface area contributed by atoms with E-state index in [1.54, 1.807) is 0 Å². The van der Waals surface area contributed by atoms with Crippen molar-refractivity contribution in [1.29, 1.82) is 0 Å². The number of hydrogen-bond donors (Lipinski definition) is 0. The highest BCUT2D eigenvalue weighted by molar-refractivity contribution is 5.49. The number of hydrogen-bond acceptors (Lipinski definition) is 7. The van der Waals surface area contributed by atoms with Gasteiger partial charge in [0.1, 0.15) is 18.5 Å². The number of ether oxygens (including phenoxy) is 5. The third kappa shape index (κ3) is 3.81. The topological polar surface area (TPSA) is 112 Å². The maximum absolute atomic E-state index is 10.8. The van der Waals surface area contributed by atoms with Crippen LogP contribution < -0.4 is 0 Å². The lowest BCUT2D eigenvalue weighted by Crippen LogP contribution is -2.44. The van der Waals surface area contributed by atoms with E-state index in [9.17, 15) is 4.79 Å². The summed E-state index contributed by atoms with van der Waals surface area (Å²) in [6.07, 6.45) is -0.163. The van der Waals surface area contributed by atoms with Crippen molar-refractivity contribution in [1.82, 2.24) is 0 Å². The van der Waals surface area contributed by atoms with Crippen molar-refractivity contribution in [2.24, 2.45) is 11.0 Å². The number of carbonyl (C=O) groups is 1. The zero-order valence-corrected chi connectivity index (χ0v) is 15.0. The molecule has 0 bridgehead atoms. The van der Waals surface area contributed by atoms with Crippen LogP contribution in [-0.4, -0.2) is 55.1 Å². The molecule has 3 rings (SSSR count). The molecule has 0 amide bonds. The standard InChI is InChI=1S/C16H25N3O6/c1-15(2)21-8-10(23-15)12-11(9(18-19-17)6-5-7-20)13-14(22-12)25-16(3,4)24-13/h7,9-14H,5-6,8H2,1-4H3/t9-,10+,11+,12+,13+,14+/m0/s1. The van der Waals surface area contributed by atoms with Gasteiger partial charge in [0.05, 0.1) is 12.7 Å². The lowest BCUT2D eigenvalue weighted by atomic mass is 9.85. The van der Waals surface area contributed by atoms with E-state index in [2.05, 4.69) is 10.0 Å². The Bertz CT molecular complexity index is 562. The second-order valence-corrected chi connectivity index (χ2v) is 7.53. The first kappa shape index (κ1) is 18.6. The minimum Gasteiger partial charge on any atom is -0.348 e. The van der Waals surface area contributed by atoms with Gasteiger partial charge in [0.2, 0.25) is 0 Å². The maximum atomic E-state index is 10.8. The van der Waals surface area contributed by atoms with Crippen LogP contribution in [0.4, 0.5) is 0 Å². The molecule has 140 valence electrons. The van der Waals surface area contributed by atoms with Gasteiger partial charge in [-0.3, -0.25) is 0 Å². The zero-order valence-electron chi connectivity index (χ0n) is 15.0. The van der Waals surface area contributed by atoms with Crippen molar-refractivity contribution in [3.63, 3.8) is 0 Å². The van der Waals surface area contributed by atoms with Crippen molar-refractivity contribution < 1.29 is 28.5 Å². The van der Waals surface area contributed by atoms with Crippen molar-refractivity contribution in [2.75, 3.05) is 6.61 Å². The van der Waals surface area contributed by atoms with Gasteiger partial charge in [0.15, 0.2) is 17.9 Å². The molecule has 3 aliphatic heterocycles. The van der Waals surface area contributed by atoms with Crippen LogP contribution in [-0.2, 0) is 28.5 Å². The van der Waals surface area contributed by atoms with E-state index in [1.165, 1.54) is 0 Å². The first-order valence-corrected chi connectivity index (χ1v) is 8.57. The maximum Gasteiger partial charge on any atom is 0.187 e. The molecule has 0 unspecified atom stereocenters. The summed E-state index contributed by atoms with van der Waals surface area (Å²) in [6, 6.07) is -0.458. The van der Waals surface area contributed by atoms with E-state index in [0.29, 0.717) is 19.4 Å². The van der Waals surface area contributed by atoms with Crippen LogP contribution in [0.2, 0.25) is 0 Å². The van der Waals surface area contributed by atoms with E-state index in [-0.39, 0.29) is 12.0 Å². The smallest absolute Gasteiger partial charge is 0.187 e. The van der Waals surface area contributed by atoms with Gasteiger partial charge in [0.25, 0.3) is 0 Å². The number of aldehydes is 1. The number of rotatable bonds is 6. The highest BCUT2D eigenvalue weighted by atomic mass is 16.8. The minimum absolute atomic E-state index is 0.287. The van der Waals surface area contributed by atoms with Gasteiger partial charge in [-0.2, -0.15) is 0 Å². The van der Waals surface area contributed by atoms with E-state index < -0.39 is 36.1 Å². The summed E-state index contributed by atoms with van der Waals surface area (Å²) < 4.78 is 29.6. The number of azide groups is 1. The average molecular weight is 355 g/mol. The first-order valence-electron chi connectivity index (χ1n) is 8.57. The van der Waals surface area contributed by atoms with Gasteiger partial charge in [-0.1, -0.05) is 5.11 Å². The van der Waals surface area contributed by atoms with Crippen LogP contribution in [0.15, 0.2) is 5.11 Å². The molecular weight excluding hydrogens is 330 g/mol. The van der Waals surface area contributed by atoms with Crippen LogP contribution >= 0.6 is 0 Å². The summed E-state index contributed by atoms with van der Waals surface area (Å²) in [6.45, 7) is 7.67. The number of fused-ring (bicyclic) bond motifs is 1. The van der Waals surface area contributed by atoms with E-state index in [4.69, 9.17) is 29.2 Å². The van der Waals surface area contributed by atoms with E-state index >= 15 is 0 Å². The normalized spacial score (nSPS) is 39.6. The molecular formula is C16H25N3O6. The molecule has 0 aliphatic carbocycles. The van der Waals surface area contributed by atoms with E-state index in [1.807, 2.05) is 27.7 Å². The summed E-state index contributed by atoms with van der Waals surface area (Å²) in [4.78, 5) is 13.8. The Balaban J connectivity index is 1.86. The monoisotopic (exact) mass is 355 g/mol. The molecule has 0 aromatic carbocycles. The number of nitrogens with zero attached hydrogens (tertiary/aromatic N) is 3. The predicted molar refractivity (Wildman–Crippen MR) is 85.3 cm³/mol. The molecule has 0 radical (unpaired) electrons. The first-order chi connectivity index (χ1) is 11.8. The molecule has 0 aromatic heterocycles. The quantitative estimate of drug-likeness (QED) is 0.313. The SMILES string of the molecule is CC1(C)O[C@H]2O[C@H]([C@H]3COC(C)(C)O3)[C@@H]([C@H](CCC=O)N=[N+]=[N-])[C@H]2O1. The van der Waals surface area contributed by atoms with Gasteiger partial charge >= 0.3 is 0 Å². The van der Waals surface area contributed by atoms with Gasteiger partial charge in [-0.15, -0.1) is 0 Å². The molecule has 0 aromatic rings. The summed E-state index contributed by atoms with van der Waals surface area (Å²) in [5.74, 6) is -1.77. The number of carbonyl (C=O) groups excluding carboxylic acids is 1. The molecule has 0 saturated carbocycles. The molecule has 6 atom stereocenters. The van der Waals surface area contributed by atoms with Crippen LogP contribution in [0.25, 0.3) is 10.4 Å². The van der Waals surface area contributed by atoms with Crippen LogP contribution in [0.5, 0.6) is 0 Å². The molecule has 3 fully saturated rings. The van der Waals surface area contributed by atoms with Crippen molar-refractivity contribution in [3.05, 3.63) is 10.4 Å². The summed E-state index contributed by atoms with van der Waals surface area (Å²) in [5, 5.41) is 3.92.